The van der Waals surface area contributed by atoms with E-state index in [1.807, 2.05) is 34.6 Å². The van der Waals surface area contributed by atoms with Gasteiger partial charge < -0.3 is 0 Å². The minimum atomic E-state index is -4.01. The lowest BCUT2D eigenvalue weighted by molar-refractivity contribution is -0.119. The lowest BCUT2D eigenvalue weighted by atomic mass is 9.91. The number of aryl methyl sites for hydroxylation is 1. The van der Waals surface area contributed by atoms with E-state index in [-0.39, 0.29) is 10.3 Å². The van der Waals surface area contributed by atoms with Gasteiger partial charge in [-0.2, -0.15) is 5.10 Å². The highest BCUT2D eigenvalue weighted by Crippen LogP contribution is 2.30. The predicted octanol–water partition coefficient (Wildman–Crippen LogP) is 4.69. The van der Waals surface area contributed by atoms with Crippen LogP contribution in [-0.4, -0.2) is 26.6 Å². The van der Waals surface area contributed by atoms with Crippen molar-refractivity contribution in [1.29, 1.82) is 0 Å². The molecule has 0 aliphatic carbocycles. The Balaban J connectivity index is 2.46. The van der Waals surface area contributed by atoms with Crippen LogP contribution in [0.2, 0.25) is 5.02 Å². The Morgan fingerprint density at radius 3 is 2.27 bits per heavy atom. The lowest BCUT2D eigenvalue weighted by Gasteiger charge is -2.26. The molecule has 0 aliphatic rings. The van der Waals surface area contributed by atoms with E-state index in [4.69, 9.17) is 11.6 Å². The third-order valence-corrected chi connectivity index (χ3v) is 7.02. The summed E-state index contributed by atoms with van der Waals surface area (Å²) in [6, 6.07) is 11.4. The van der Waals surface area contributed by atoms with Crippen LogP contribution in [0.5, 0.6) is 0 Å². The summed E-state index contributed by atoms with van der Waals surface area (Å²) in [7, 11) is -4.01. The first-order valence-corrected chi connectivity index (χ1v) is 11.3. The van der Waals surface area contributed by atoms with Crippen molar-refractivity contribution in [2.45, 2.75) is 46.4 Å². The van der Waals surface area contributed by atoms with Gasteiger partial charge in [0.25, 0.3) is 15.9 Å². The molecule has 2 rings (SSSR count). The number of hydrazone groups is 1. The molecule has 0 saturated carbocycles. The molecule has 0 spiro atoms. The second-order valence-electron chi connectivity index (χ2n) is 8.19. The molecular formula is C22H28ClN3O3S. The van der Waals surface area contributed by atoms with Crippen molar-refractivity contribution in [1.82, 2.24) is 5.43 Å². The average molecular weight is 450 g/mol. The third kappa shape index (κ3) is 5.61. The number of sulfonamides is 1. The Kier molecular flexibility index (Phi) is 7.31. The highest BCUT2D eigenvalue weighted by Gasteiger charge is 2.29. The number of carbonyl (C=O) groups is 1. The number of nitrogens with one attached hydrogen (secondary N) is 1. The Labute approximate surface area is 184 Å². The Morgan fingerprint density at radius 1 is 1.10 bits per heavy atom. The number of carbonyl (C=O) groups excluding carboxylic acids is 1. The Morgan fingerprint density at radius 2 is 1.70 bits per heavy atom. The van der Waals surface area contributed by atoms with Crippen molar-refractivity contribution in [2.24, 2.45) is 10.5 Å². The standard InChI is InChI=1S/C22H28ClN3O3S/c1-15-10-12-18(13-11-15)30(28,29)26(20-9-7-8-19(23)16(20)2)14-21(27)25-24-17(3)22(4,5)6/h7-13H,14H2,1-6H3,(H,25,27)/b24-17-. The van der Waals surface area contributed by atoms with E-state index < -0.39 is 22.5 Å². The van der Waals surface area contributed by atoms with Gasteiger partial charge in [0.05, 0.1) is 10.6 Å². The van der Waals surface area contributed by atoms with E-state index in [1.54, 1.807) is 37.3 Å². The first-order valence-electron chi connectivity index (χ1n) is 9.52. The van der Waals surface area contributed by atoms with Crippen LogP contribution in [-0.2, 0) is 14.8 Å². The van der Waals surface area contributed by atoms with Gasteiger partial charge in [-0.1, -0.05) is 56.1 Å². The van der Waals surface area contributed by atoms with Crippen molar-refractivity contribution < 1.29 is 13.2 Å². The van der Waals surface area contributed by atoms with Gasteiger partial charge in [0, 0.05) is 16.1 Å². The number of benzene rings is 2. The molecule has 0 bridgehead atoms. The largest absolute Gasteiger partial charge is 0.271 e. The van der Waals surface area contributed by atoms with Gasteiger partial charge in [-0.05, 0) is 50.6 Å². The monoisotopic (exact) mass is 449 g/mol. The summed E-state index contributed by atoms with van der Waals surface area (Å²) in [5.74, 6) is -0.548. The van der Waals surface area contributed by atoms with Crippen molar-refractivity contribution in [3.63, 3.8) is 0 Å². The number of nitrogens with zero attached hydrogens (tertiary/aromatic N) is 2. The normalized spacial score (nSPS) is 12.6. The molecule has 0 heterocycles. The summed E-state index contributed by atoms with van der Waals surface area (Å²) in [6.07, 6.45) is 0. The first-order chi connectivity index (χ1) is 13.8. The van der Waals surface area contributed by atoms with Gasteiger partial charge >= 0.3 is 0 Å². The summed E-state index contributed by atoms with van der Waals surface area (Å²) in [5.41, 5.74) is 4.82. The van der Waals surface area contributed by atoms with Gasteiger partial charge in [-0.15, -0.1) is 0 Å². The number of amides is 1. The van der Waals surface area contributed by atoms with Crippen LogP contribution < -0.4 is 9.73 Å². The minimum Gasteiger partial charge on any atom is -0.271 e. The van der Waals surface area contributed by atoms with E-state index in [2.05, 4.69) is 10.5 Å². The molecule has 0 unspecified atom stereocenters. The van der Waals surface area contributed by atoms with Gasteiger partial charge in [-0.25, -0.2) is 13.8 Å². The number of halogens is 1. The van der Waals surface area contributed by atoms with E-state index in [9.17, 15) is 13.2 Å². The van der Waals surface area contributed by atoms with E-state index >= 15 is 0 Å². The lowest BCUT2D eigenvalue weighted by Crippen LogP contribution is -2.40. The molecule has 1 N–H and O–H groups in total. The predicted molar refractivity (Wildman–Crippen MR) is 123 cm³/mol. The van der Waals surface area contributed by atoms with Gasteiger partial charge in [0.2, 0.25) is 0 Å². The molecule has 0 atom stereocenters. The topological polar surface area (TPSA) is 78.8 Å². The molecule has 30 heavy (non-hydrogen) atoms. The summed E-state index contributed by atoms with van der Waals surface area (Å²) >= 11 is 6.22. The zero-order valence-electron chi connectivity index (χ0n) is 18.2. The molecule has 2 aromatic rings. The maximum Gasteiger partial charge on any atom is 0.264 e. The zero-order valence-corrected chi connectivity index (χ0v) is 19.7. The summed E-state index contributed by atoms with van der Waals surface area (Å²) < 4.78 is 27.9. The molecule has 162 valence electrons. The van der Waals surface area contributed by atoms with Crippen LogP contribution in [0, 0.1) is 19.3 Å². The zero-order chi connectivity index (χ0) is 22.7. The molecule has 0 saturated heterocycles. The third-order valence-electron chi connectivity index (χ3n) is 4.84. The van der Waals surface area contributed by atoms with E-state index in [1.165, 1.54) is 12.1 Å². The SMILES string of the molecule is C/C(=N/NC(=O)CN(c1cccc(Cl)c1C)S(=O)(=O)c1ccc(C)cc1)C(C)(C)C. The molecule has 0 radical (unpaired) electrons. The summed E-state index contributed by atoms with van der Waals surface area (Å²) in [5, 5.41) is 4.53. The number of anilines is 1. The van der Waals surface area contributed by atoms with Crippen LogP contribution in [0.25, 0.3) is 0 Å². The minimum absolute atomic E-state index is 0.0923. The highest BCUT2D eigenvalue weighted by atomic mass is 35.5. The highest BCUT2D eigenvalue weighted by molar-refractivity contribution is 7.92. The van der Waals surface area contributed by atoms with Crippen molar-refractivity contribution in [3.8, 4) is 0 Å². The summed E-state index contributed by atoms with van der Waals surface area (Å²) in [4.78, 5) is 12.7. The molecule has 0 aromatic heterocycles. The van der Waals surface area contributed by atoms with E-state index in [0.29, 0.717) is 16.3 Å². The number of rotatable bonds is 6. The number of hydrogen-bond donors (Lipinski definition) is 1. The van der Waals surface area contributed by atoms with Crippen LogP contribution in [0.4, 0.5) is 5.69 Å². The first kappa shape index (κ1) is 23.9. The Hall–Kier alpha value is -2.38. The molecule has 0 aliphatic heterocycles. The molecular weight excluding hydrogens is 422 g/mol. The van der Waals surface area contributed by atoms with Crippen LogP contribution >= 0.6 is 11.6 Å². The van der Waals surface area contributed by atoms with Crippen LogP contribution in [0.1, 0.15) is 38.8 Å². The molecule has 8 heteroatoms. The van der Waals surface area contributed by atoms with Crippen molar-refractivity contribution in [3.05, 3.63) is 58.6 Å². The molecule has 2 aromatic carbocycles. The van der Waals surface area contributed by atoms with Crippen molar-refractivity contribution >= 4 is 38.9 Å². The quantitative estimate of drug-likeness (QED) is 0.513. The van der Waals surface area contributed by atoms with Gasteiger partial charge in [-0.3, -0.25) is 9.10 Å². The Bertz CT molecular complexity index is 1060. The fraction of sp³-hybridized carbons (Fsp3) is 0.364. The fourth-order valence-electron chi connectivity index (χ4n) is 2.48. The maximum absolute atomic E-state index is 13.4. The number of hydrogen-bond acceptors (Lipinski definition) is 4. The summed E-state index contributed by atoms with van der Waals surface area (Å²) in [6.45, 7) is 10.9. The molecule has 1 amide bonds. The second-order valence-corrected chi connectivity index (χ2v) is 10.5. The fourth-order valence-corrected chi connectivity index (χ4v) is 4.13. The van der Waals surface area contributed by atoms with Crippen molar-refractivity contribution in [2.75, 3.05) is 10.8 Å². The molecule has 6 nitrogen and oxygen atoms in total. The van der Waals surface area contributed by atoms with Gasteiger partial charge in [0.1, 0.15) is 6.54 Å². The van der Waals surface area contributed by atoms with Crippen LogP contribution in [0.15, 0.2) is 52.5 Å². The smallest absolute Gasteiger partial charge is 0.264 e. The average Bonchev–Trinajstić information content (AvgIpc) is 2.66. The second kappa shape index (κ2) is 9.18. The maximum atomic E-state index is 13.4. The molecule has 0 fully saturated rings. The van der Waals surface area contributed by atoms with Gasteiger partial charge in [0.15, 0.2) is 0 Å². The van der Waals surface area contributed by atoms with E-state index in [0.717, 1.165) is 15.6 Å². The van der Waals surface area contributed by atoms with Crippen LogP contribution in [0.3, 0.4) is 0 Å².